The van der Waals surface area contributed by atoms with Crippen LogP contribution in [0.5, 0.6) is 0 Å². The van der Waals surface area contributed by atoms with Gasteiger partial charge in [-0.2, -0.15) is 4.31 Å². The lowest BCUT2D eigenvalue weighted by Crippen LogP contribution is -2.44. The second-order valence-electron chi connectivity index (χ2n) is 11.8. The molecule has 0 unspecified atom stereocenters. The number of nitrogens with one attached hydrogen (secondary N) is 1. The van der Waals surface area contributed by atoms with Gasteiger partial charge in [0.05, 0.1) is 9.79 Å². The van der Waals surface area contributed by atoms with E-state index in [0.29, 0.717) is 32.5 Å². The van der Waals surface area contributed by atoms with Gasteiger partial charge in [0, 0.05) is 32.2 Å². The van der Waals surface area contributed by atoms with E-state index in [-0.39, 0.29) is 34.4 Å². The molecule has 2 aromatic carbocycles. The Morgan fingerprint density at radius 1 is 0.900 bits per heavy atom. The summed E-state index contributed by atoms with van der Waals surface area (Å²) in [7, 11) is -7.65. The summed E-state index contributed by atoms with van der Waals surface area (Å²) < 4.78 is 63.1. The van der Waals surface area contributed by atoms with E-state index in [2.05, 4.69) is 4.72 Å². The van der Waals surface area contributed by atoms with Crippen molar-refractivity contribution in [1.82, 2.24) is 13.9 Å². The summed E-state index contributed by atoms with van der Waals surface area (Å²) >= 11 is 0. The second-order valence-corrected chi connectivity index (χ2v) is 15.4. The number of amides is 1. The van der Waals surface area contributed by atoms with Crippen LogP contribution in [0.4, 0.5) is 4.79 Å². The first-order valence-corrected chi connectivity index (χ1v) is 16.9. The summed E-state index contributed by atoms with van der Waals surface area (Å²) in [4.78, 5) is 14.3. The molecule has 1 saturated carbocycles. The molecule has 2 fully saturated rings. The molecule has 2 aliphatic rings. The van der Waals surface area contributed by atoms with E-state index < -0.39 is 25.6 Å². The topological polar surface area (TPSA) is 113 Å². The molecule has 1 aliphatic carbocycles. The number of rotatable bonds is 9. The maximum absolute atomic E-state index is 13.9. The van der Waals surface area contributed by atoms with E-state index in [1.807, 2.05) is 51.1 Å². The van der Waals surface area contributed by atoms with Crippen molar-refractivity contribution in [3.8, 4) is 0 Å². The smallest absolute Gasteiger partial charge is 0.410 e. The molecule has 0 bridgehead atoms. The van der Waals surface area contributed by atoms with Gasteiger partial charge in [-0.15, -0.1) is 0 Å². The van der Waals surface area contributed by atoms with Gasteiger partial charge >= 0.3 is 6.09 Å². The minimum absolute atomic E-state index is 0.0504. The van der Waals surface area contributed by atoms with Gasteiger partial charge in [-0.1, -0.05) is 43.2 Å². The van der Waals surface area contributed by atoms with Crippen LogP contribution >= 0.6 is 0 Å². The largest absolute Gasteiger partial charge is 0.444 e. The summed E-state index contributed by atoms with van der Waals surface area (Å²) in [5, 5.41) is 0. The highest BCUT2D eigenvalue weighted by atomic mass is 32.2. The van der Waals surface area contributed by atoms with Crippen LogP contribution in [0.1, 0.15) is 64.9 Å². The van der Waals surface area contributed by atoms with Gasteiger partial charge < -0.3 is 9.64 Å². The van der Waals surface area contributed by atoms with Crippen LogP contribution in [0.15, 0.2) is 64.4 Å². The van der Waals surface area contributed by atoms with Crippen molar-refractivity contribution in [2.24, 2.45) is 5.92 Å². The predicted octanol–water partition coefficient (Wildman–Crippen LogP) is 4.75. The first-order valence-electron chi connectivity index (χ1n) is 14.0. The van der Waals surface area contributed by atoms with E-state index in [4.69, 9.17) is 4.74 Å². The van der Waals surface area contributed by atoms with E-state index in [9.17, 15) is 21.6 Å². The third kappa shape index (κ3) is 8.05. The number of carbonyl (C=O) groups is 1. The average Bonchev–Trinajstić information content (AvgIpc) is 3.41. The molecular weight excluding hydrogens is 550 g/mol. The maximum atomic E-state index is 13.9. The number of sulfonamides is 2. The van der Waals surface area contributed by atoms with Crippen LogP contribution in [-0.2, 0) is 31.3 Å². The number of carbonyl (C=O) groups excluding carboxylic acids is 1. The zero-order valence-corrected chi connectivity index (χ0v) is 25.2. The molecular formula is C29H41N3O6S2. The highest BCUT2D eigenvalue weighted by Gasteiger charge is 2.32. The molecule has 0 spiro atoms. The Hall–Kier alpha value is -2.47. The molecule has 1 saturated heterocycles. The molecule has 11 heteroatoms. The molecule has 1 aliphatic heterocycles. The van der Waals surface area contributed by atoms with Gasteiger partial charge in [0.15, 0.2) is 0 Å². The fourth-order valence-corrected chi connectivity index (χ4v) is 8.03. The van der Waals surface area contributed by atoms with Gasteiger partial charge in [0.25, 0.3) is 0 Å². The van der Waals surface area contributed by atoms with Crippen molar-refractivity contribution in [3.63, 3.8) is 0 Å². The standard InChI is InChI=1S/C29H41N3O6S2/c1-29(2,3)38-28(33)31-19-17-24(18-20-31)22-32(21-23-9-5-4-6-10-23)40(36,37)27-15-13-26(14-16-27)39(34,35)30-25-11-7-8-12-25/h4-6,9-10,13-16,24-25,30H,7-8,11-12,17-22H2,1-3H3. The molecule has 1 N–H and O–H groups in total. The van der Waals surface area contributed by atoms with Crippen LogP contribution in [0, 0.1) is 5.92 Å². The van der Waals surface area contributed by atoms with Crippen molar-refractivity contribution < 1.29 is 26.4 Å². The Morgan fingerprint density at radius 2 is 1.48 bits per heavy atom. The Morgan fingerprint density at radius 3 is 2.05 bits per heavy atom. The van der Waals surface area contributed by atoms with E-state index in [1.165, 1.54) is 28.6 Å². The number of piperidine rings is 1. The van der Waals surface area contributed by atoms with E-state index >= 15 is 0 Å². The van der Waals surface area contributed by atoms with Gasteiger partial charge in [0.2, 0.25) is 20.0 Å². The van der Waals surface area contributed by atoms with E-state index in [1.54, 1.807) is 4.90 Å². The quantitative estimate of drug-likeness (QED) is 0.451. The predicted molar refractivity (Wildman–Crippen MR) is 154 cm³/mol. The number of nitrogens with zero attached hydrogens (tertiary/aromatic N) is 2. The molecule has 0 radical (unpaired) electrons. The van der Waals surface area contributed by atoms with Gasteiger partial charge in [0.1, 0.15) is 5.60 Å². The molecule has 220 valence electrons. The minimum Gasteiger partial charge on any atom is -0.444 e. The van der Waals surface area contributed by atoms with Crippen LogP contribution in [-0.4, -0.2) is 63.4 Å². The lowest BCUT2D eigenvalue weighted by atomic mass is 9.97. The Bertz CT molecular complexity index is 1340. The maximum Gasteiger partial charge on any atom is 0.410 e. The monoisotopic (exact) mass is 591 g/mol. The molecule has 40 heavy (non-hydrogen) atoms. The summed E-state index contributed by atoms with van der Waals surface area (Å²) in [6.45, 7) is 6.98. The summed E-state index contributed by atoms with van der Waals surface area (Å²) in [5.41, 5.74) is 0.285. The lowest BCUT2D eigenvalue weighted by Gasteiger charge is -2.35. The van der Waals surface area contributed by atoms with Crippen molar-refractivity contribution in [3.05, 3.63) is 60.2 Å². The molecule has 9 nitrogen and oxygen atoms in total. The third-order valence-corrected chi connectivity index (χ3v) is 10.7. The molecule has 1 amide bonds. The van der Waals surface area contributed by atoms with Crippen molar-refractivity contribution in [2.75, 3.05) is 19.6 Å². The Balaban J connectivity index is 1.48. The molecule has 1 heterocycles. The number of hydrogen-bond donors (Lipinski definition) is 1. The zero-order chi connectivity index (χ0) is 29.0. The molecule has 0 aromatic heterocycles. The van der Waals surface area contributed by atoms with Crippen molar-refractivity contribution in [2.45, 2.75) is 87.3 Å². The second kappa shape index (κ2) is 12.6. The van der Waals surface area contributed by atoms with E-state index in [0.717, 1.165) is 31.2 Å². The highest BCUT2D eigenvalue weighted by molar-refractivity contribution is 7.89. The zero-order valence-electron chi connectivity index (χ0n) is 23.6. The first-order chi connectivity index (χ1) is 18.8. The van der Waals surface area contributed by atoms with Gasteiger partial charge in [-0.05, 0) is 82.2 Å². The Labute approximate surface area is 239 Å². The third-order valence-electron chi connectivity index (χ3n) is 7.38. The van der Waals surface area contributed by atoms with Crippen LogP contribution < -0.4 is 4.72 Å². The summed E-state index contributed by atoms with van der Waals surface area (Å²) in [6.07, 6.45) is 4.60. The number of likely N-dealkylation sites (tertiary alicyclic amines) is 1. The van der Waals surface area contributed by atoms with Gasteiger partial charge in [-0.3, -0.25) is 0 Å². The summed E-state index contributed by atoms with van der Waals surface area (Å²) in [6, 6.07) is 14.8. The molecule has 2 aromatic rings. The number of ether oxygens (including phenoxy) is 1. The number of benzene rings is 2. The minimum atomic E-state index is -3.92. The van der Waals surface area contributed by atoms with Crippen molar-refractivity contribution >= 4 is 26.1 Å². The first kappa shape index (κ1) is 30.5. The number of hydrogen-bond acceptors (Lipinski definition) is 6. The Kier molecular flexibility index (Phi) is 9.59. The SMILES string of the molecule is CC(C)(C)OC(=O)N1CCC(CN(Cc2ccccc2)S(=O)(=O)c2ccc(S(=O)(=O)NC3CCCC3)cc2)CC1. The fraction of sp³-hybridized carbons (Fsp3) is 0.552. The normalized spacial score (nSPS) is 17.9. The highest BCUT2D eigenvalue weighted by Crippen LogP contribution is 2.27. The van der Waals surface area contributed by atoms with Crippen LogP contribution in [0.3, 0.4) is 0 Å². The average molecular weight is 592 g/mol. The molecule has 4 rings (SSSR count). The van der Waals surface area contributed by atoms with Crippen LogP contribution in [0.2, 0.25) is 0 Å². The fourth-order valence-electron chi connectivity index (χ4n) is 5.22. The lowest BCUT2D eigenvalue weighted by molar-refractivity contribution is 0.0177. The van der Waals surface area contributed by atoms with Crippen molar-refractivity contribution in [1.29, 1.82) is 0 Å². The molecule has 0 atom stereocenters. The van der Waals surface area contributed by atoms with Gasteiger partial charge in [-0.25, -0.2) is 26.4 Å². The summed E-state index contributed by atoms with van der Waals surface area (Å²) in [5.74, 6) is 0.0624. The van der Waals surface area contributed by atoms with Crippen LogP contribution in [0.25, 0.3) is 0 Å².